The zero-order chi connectivity index (χ0) is 37.9. The number of ketones is 1. The molecule has 294 valence electrons. The van der Waals surface area contributed by atoms with E-state index < -0.39 is 63.2 Å². The molecule has 4 atom stereocenters. The molecular formula is C37H62N6O8S. The lowest BCUT2D eigenvalue weighted by atomic mass is 9.83. The Labute approximate surface area is 310 Å². The quantitative estimate of drug-likeness (QED) is 0.141. The molecule has 4 fully saturated rings. The lowest BCUT2D eigenvalue weighted by Crippen LogP contribution is -2.61. The van der Waals surface area contributed by atoms with Gasteiger partial charge in [-0.1, -0.05) is 80.3 Å². The summed E-state index contributed by atoms with van der Waals surface area (Å²) in [6.45, 7) is 4.57. The van der Waals surface area contributed by atoms with E-state index in [9.17, 15) is 32.4 Å². The summed E-state index contributed by atoms with van der Waals surface area (Å²) < 4.78 is 27.0. The molecule has 52 heavy (non-hydrogen) atoms. The zero-order valence-electron chi connectivity index (χ0n) is 31.7. The molecule has 2 saturated carbocycles. The number of amides is 5. The fourth-order valence-electron chi connectivity index (χ4n) is 7.89. The van der Waals surface area contributed by atoms with Gasteiger partial charge in [0.15, 0.2) is 0 Å². The van der Waals surface area contributed by atoms with E-state index in [1.807, 2.05) is 19.9 Å². The molecule has 14 nitrogen and oxygen atoms in total. The van der Waals surface area contributed by atoms with Gasteiger partial charge in [0, 0.05) is 26.1 Å². The van der Waals surface area contributed by atoms with E-state index in [2.05, 4.69) is 21.3 Å². The Balaban J connectivity index is 1.58. The number of allylic oxidation sites excluding steroid dienone is 1. The van der Waals surface area contributed by atoms with Gasteiger partial charge in [-0.3, -0.25) is 24.0 Å². The average molecular weight is 751 g/mol. The summed E-state index contributed by atoms with van der Waals surface area (Å²) >= 11 is 0. The van der Waals surface area contributed by atoms with E-state index in [0.717, 1.165) is 74.2 Å². The number of nitrogens with zero attached hydrogens (tertiary/aromatic N) is 2. The molecule has 0 bridgehead atoms. The van der Waals surface area contributed by atoms with Crippen LogP contribution in [0.25, 0.3) is 0 Å². The Hall–Kier alpha value is -3.04. The summed E-state index contributed by atoms with van der Waals surface area (Å²) in [5.41, 5.74) is -0.0564. The maximum absolute atomic E-state index is 14.5. The van der Waals surface area contributed by atoms with Crippen LogP contribution >= 0.6 is 0 Å². The molecule has 0 aromatic carbocycles. The molecule has 0 spiro atoms. The lowest BCUT2D eigenvalue weighted by Gasteiger charge is -2.39. The summed E-state index contributed by atoms with van der Waals surface area (Å²) in [6, 6.07) is -3.54. The van der Waals surface area contributed by atoms with Crippen LogP contribution < -0.4 is 21.3 Å². The second-order valence-corrected chi connectivity index (χ2v) is 17.6. The van der Waals surface area contributed by atoms with Crippen LogP contribution in [-0.4, -0.2) is 104 Å². The average Bonchev–Trinajstić information content (AvgIpc) is 3.84. The maximum Gasteiger partial charge on any atom is 0.315 e. The summed E-state index contributed by atoms with van der Waals surface area (Å²) in [7, 11) is -1.27. The van der Waals surface area contributed by atoms with Crippen molar-refractivity contribution >= 4 is 39.6 Å². The molecule has 0 unspecified atom stereocenters. The number of hydroxylamine groups is 1. The molecule has 5 amide bonds. The van der Waals surface area contributed by atoms with Gasteiger partial charge >= 0.3 is 6.03 Å². The van der Waals surface area contributed by atoms with E-state index in [1.165, 1.54) is 19.1 Å². The molecule has 0 aromatic rings. The van der Waals surface area contributed by atoms with Crippen molar-refractivity contribution in [2.45, 2.75) is 147 Å². The van der Waals surface area contributed by atoms with Crippen molar-refractivity contribution in [3.63, 3.8) is 0 Å². The molecule has 0 radical (unpaired) electrons. The Bertz CT molecular complexity index is 1410. The Morgan fingerprint density at radius 2 is 1.54 bits per heavy atom. The number of nitrogens with one attached hydrogen (secondary N) is 4. The first-order valence-corrected chi connectivity index (χ1v) is 21.0. The van der Waals surface area contributed by atoms with E-state index in [1.54, 1.807) is 0 Å². The first-order valence-electron chi connectivity index (χ1n) is 19.4. The lowest BCUT2D eigenvalue weighted by molar-refractivity contribution is -0.143. The van der Waals surface area contributed by atoms with Gasteiger partial charge in [-0.2, -0.15) is 0 Å². The van der Waals surface area contributed by atoms with Gasteiger partial charge in [-0.25, -0.2) is 13.2 Å². The number of rotatable bonds is 11. The van der Waals surface area contributed by atoms with Gasteiger partial charge < -0.3 is 26.2 Å². The number of carbonyl (C=O) groups is 5. The van der Waals surface area contributed by atoms with Gasteiger partial charge in [0.1, 0.15) is 12.1 Å². The molecule has 2 saturated heterocycles. The molecule has 2 aliphatic carbocycles. The number of urea groups is 1. The van der Waals surface area contributed by atoms with Crippen LogP contribution in [0.3, 0.4) is 0 Å². The zero-order valence-corrected chi connectivity index (χ0v) is 32.5. The SMILES string of the molecule is CON(C)S(=O)(=O)CC1(NC(=O)N[C@H]2CCCCCCCCC[C@@H](C(=O)C(=O)NCC3CC3)NC(=O)[C@@H]3[C@@H](C=C(C)C)CCN3C2=O)CCCCC1. The molecule has 15 heteroatoms. The normalized spacial score (nSPS) is 26.5. The first kappa shape index (κ1) is 41.7. The minimum Gasteiger partial charge on any atom is -0.349 e. The van der Waals surface area contributed by atoms with E-state index in [-0.39, 0.29) is 18.2 Å². The third kappa shape index (κ3) is 12.0. The maximum atomic E-state index is 14.5. The van der Waals surface area contributed by atoms with E-state index in [4.69, 9.17) is 4.84 Å². The van der Waals surface area contributed by atoms with Crippen molar-refractivity contribution in [2.24, 2.45) is 11.8 Å². The predicted molar refractivity (Wildman–Crippen MR) is 197 cm³/mol. The molecule has 2 aliphatic heterocycles. The smallest absolute Gasteiger partial charge is 0.315 e. The van der Waals surface area contributed by atoms with Crippen molar-refractivity contribution in [3.8, 4) is 0 Å². The van der Waals surface area contributed by atoms with Gasteiger partial charge in [0.2, 0.25) is 27.6 Å². The number of carbonyl (C=O) groups excluding carboxylic acids is 5. The van der Waals surface area contributed by atoms with Gasteiger partial charge in [0.05, 0.1) is 24.4 Å². The van der Waals surface area contributed by atoms with Crippen molar-refractivity contribution in [2.75, 3.05) is 33.0 Å². The molecule has 0 aromatic heterocycles. The van der Waals surface area contributed by atoms with Gasteiger partial charge in [-0.15, -0.1) is 0 Å². The number of sulfonamides is 1. The summed E-state index contributed by atoms with van der Waals surface area (Å²) in [5.74, 6) is -2.53. The minimum atomic E-state index is -3.86. The first-order chi connectivity index (χ1) is 24.7. The number of hydrogen-bond acceptors (Lipinski definition) is 8. The highest BCUT2D eigenvalue weighted by Crippen LogP contribution is 2.32. The standard InChI is InChI=1S/C37H62N6O8S/c1-26(2)23-28-19-22-43-31(28)33(45)39-29(32(44)34(46)38-24-27-17-18-27)15-11-8-6-5-7-9-12-16-30(35(43)47)40-36(48)41-37(20-13-10-14-21-37)25-52(49,50)42(3)51-4/h23,27-31H,5-22,24-25H2,1-4H3,(H,38,46)(H,39,45)(H2,40,41,48)/t28-,29+,30+,31+/m1/s1. The fourth-order valence-corrected chi connectivity index (χ4v) is 9.36. The third-order valence-corrected chi connectivity index (χ3v) is 12.9. The second-order valence-electron chi connectivity index (χ2n) is 15.6. The number of hydrogen-bond donors (Lipinski definition) is 4. The van der Waals surface area contributed by atoms with Crippen LogP contribution in [0.2, 0.25) is 0 Å². The minimum absolute atomic E-state index is 0.275. The van der Waals surface area contributed by atoms with Crippen molar-refractivity contribution in [1.29, 1.82) is 0 Å². The molecular weight excluding hydrogens is 689 g/mol. The fraction of sp³-hybridized carbons (Fsp3) is 0.811. The Morgan fingerprint density at radius 3 is 2.15 bits per heavy atom. The largest absolute Gasteiger partial charge is 0.349 e. The Kier molecular flexibility index (Phi) is 15.5. The highest BCUT2D eigenvalue weighted by Gasteiger charge is 2.45. The van der Waals surface area contributed by atoms with Crippen LogP contribution in [0.1, 0.15) is 123 Å². The topological polar surface area (TPSA) is 183 Å². The van der Waals surface area contributed by atoms with Crippen molar-refractivity contribution in [1.82, 2.24) is 30.6 Å². The third-order valence-electron chi connectivity index (χ3n) is 11.0. The van der Waals surface area contributed by atoms with Crippen molar-refractivity contribution < 1.29 is 37.2 Å². The van der Waals surface area contributed by atoms with Crippen LogP contribution in [-0.2, 0) is 34.0 Å². The molecule has 4 N–H and O–H groups in total. The highest BCUT2D eigenvalue weighted by atomic mass is 32.2. The van der Waals surface area contributed by atoms with Crippen LogP contribution in [0.5, 0.6) is 0 Å². The van der Waals surface area contributed by atoms with E-state index in [0.29, 0.717) is 57.4 Å². The van der Waals surface area contributed by atoms with Gasteiger partial charge in [-0.05, 0) is 64.7 Å². The number of fused-ring (bicyclic) bond motifs is 1. The predicted octanol–water partition coefficient (Wildman–Crippen LogP) is 3.47. The van der Waals surface area contributed by atoms with Crippen molar-refractivity contribution in [3.05, 3.63) is 11.6 Å². The van der Waals surface area contributed by atoms with Crippen LogP contribution in [0.4, 0.5) is 4.79 Å². The second kappa shape index (κ2) is 19.3. The van der Waals surface area contributed by atoms with E-state index >= 15 is 0 Å². The number of Topliss-reactive ketones (excluding diaryl/α,β-unsaturated/α-hetero) is 1. The molecule has 4 aliphatic rings. The Morgan fingerprint density at radius 1 is 0.923 bits per heavy atom. The van der Waals surface area contributed by atoms with Crippen LogP contribution in [0, 0.1) is 11.8 Å². The monoisotopic (exact) mass is 750 g/mol. The summed E-state index contributed by atoms with van der Waals surface area (Å²) in [5, 5.41) is 11.5. The molecule has 4 rings (SSSR count). The summed E-state index contributed by atoms with van der Waals surface area (Å²) in [6.07, 6.45) is 14.5. The molecule has 2 heterocycles. The van der Waals surface area contributed by atoms with Crippen LogP contribution in [0.15, 0.2) is 11.6 Å². The summed E-state index contributed by atoms with van der Waals surface area (Å²) in [4.78, 5) is 75.2. The highest BCUT2D eigenvalue weighted by molar-refractivity contribution is 7.89. The van der Waals surface area contributed by atoms with Gasteiger partial charge in [0.25, 0.3) is 5.91 Å².